The summed E-state index contributed by atoms with van der Waals surface area (Å²) in [5.74, 6) is 0. The molecule has 0 amide bonds. The standard InChI is InChI=1S/C11H13BrF3N/c1-2-8-5-6-9(12)10(16-8)4-3-7-11(13,14)15/h5-6H,2-4,7H2,1H3. The molecule has 0 aliphatic carbocycles. The van der Waals surface area contributed by atoms with Crippen molar-refractivity contribution in [2.45, 2.75) is 38.8 Å². The molecule has 1 aromatic rings. The minimum Gasteiger partial charge on any atom is -0.257 e. The lowest BCUT2D eigenvalue weighted by Gasteiger charge is -2.07. The zero-order valence-corrected chi connectivity index (χ0v) is 10.5. The van der Waals surface area contributed by atoms with Gasteiger partial charge in [-0.25, -0.2) is 0 Å². The topological polar surface area (TPSA) is 12.9 Å². The largest absolute Gasteiger partial charge is 0.389 e. The Kier molecular flexibility index (Phi) is 4.77. The van der Waals surface area contributed by atoms with Crippen LogP contribution in [-0.2, 0) is 12.8 Å². The van der Waals surface area contributed by atoms with Crippen molar-refractivity contribution in [3.63, 3.8) is 0 Å². The van der Waals surface area contributed by atoms with E-state index in [0.717, 1.165) is 16.6 Å². The van der Waals surface area contributed by atoms with E-state index in [1.165, 1.54) is 0 Å². The Bertz CT molecular complexity index is 350. The molecular formula is C11H13BrF3N. The number of hydrogen-bond donors (Lipinski definition) is 0. The molecule has 0 bridgehead atoms. The third kappa shape index (κ3) is 4.51. The highest BCUT2D eigenvalue weighted by molar-refractivity contribution is 9.10. The zero-order valence-electron chi connectivity index (χ0n) is 8.94. The fourth-order valence-electron chi connectivity index (χ4n) is 1.36. The second-order valence-corrected chi connectivity index (χ2v) is 4.41. The Morgan fingerprint density at radius 3 is 2.56 bits per heavy atom. The minimum atomic E-state index is -4.07. The Morgan fingerprint density at radius 2 is 2.00 bits per heavy atom. The number of halogens is 4. The maximum absolute atomic E-state index is 12.0. The number of rotatable bonds is 4. The highest BCUT2D eigenvalue weighted by Crippen LogP contribution is 2.24. The van der Waals surface area contributed by atoms with Gasteiger partial charge in [0.15, 0.2) is 0 Å². The third-order valence-corrected chi connectivity index (χ3v) is 2.93. The predicted molar refractivity (Wildman–Crippen MR) is 60.3 cm³/mol. The van der Waals surface area contributed by atoms with Gasteiger partial charge in [0, 0.05) is 16.6 Å². The fraction of sp³-hybridized carbons (Fsp3) is 0.545. The number of alkyl halides is 3. The monoisotopic (exact) mass is 295 g/mol. The van der Waals surface area contributed by atoms with Gasteiger partial charge in [-0.05, 0) is 47.3 Å². The molecule has 0 fully saturated rings. The predicted octanol–water partition coefficient (Wildman–Crippen LogP) is 4.29. The molecule has 0 saturated carbocycles. The molecule has 0 aliphatic rings. The van der Waals surface area contributed by atoms with Crippen molar-refractivity contribution in [2.75, 3.05) is 0 Å². The first-order valence-electron chi connectivity index (χ1n) is 5.13. The molecule has 5 heteroatoms. The fourth-order valence-corrected chi connectivity index (χ4v) is 1.78. The lowest BCUT2D eigenvalue weighted by atomic mass is 10.1. The van der Waals surface area contributed by atoms with Crippen molar-refractivity contribution in [3.8, 4) is 0 Å². The molecule has 90 valence electrons. The van der Waals surface area contributed by atoms with Crippen LogP contribution in [0, 0.1) is 0 Å². The van der Waals surface area contributed by atoms with Gasteiger partial charge < -0.3 is 0 Å². The van der Waals surface area contributed by atoms with Crippen LogP contribution in [0.25, 0.3) is 0 Å². The second-order valence-electron chi connectivity index (χ2n) is 3.55. The lowest BCUT2D eigenvalue weighted by Crippen LogP contribution is -2.08. The molecule has 16 heavy (non-hydrogen) atoms. The van der Waals surface area contributed by atoms with Crippen molar-refractivity contribution in [2.24, 2.45) is 0 Å². The van der Waals surface area contributed by atoms with Crippen LogP contribution >= 0.6 is 15.9 Å². The van der Waals surface area contributed by atoms with Crippen LogP contribution in [0.5, 0.6) is 0 Å². The van der Waals surface area contributed by atoms with Crippen LogP contribution in [0.15, 0.2) is 16.6 Å². The number of nitrogens with zero attached hydrogens (tertiary/aromatic N) is 1. The van der Waals surface area contributed by atoms with Gasteiger partial charge in [-0.2, -0.15) is 13.2 Å². The molecule has 1 rings (SSSR count). The van der Waals surface area contributed by atoms with E-state index in [2.05, 4.69) is 20.9 Å². The Morgan fingerprint density at radius 1 is 1.31 bits per heavy atom. The summed E-state index contributed by atoms with van der Waals surface area (Å²) in [5.41, 5.74) is 1.62. The molecule has 0 N–H and O–H groups in total. The van der Waals surface area contributed by atoms with Crippen LogP contribution in [0.2, 0.25) is 0 Å². The normalized spacial score (nSPS) is 11.8. The third-order valence-electron chi connectivity index (χ3n) is 2.21. The Balaban J connectivity index is 2.59. The second kappa shape index (κ2) is 5.66. The first kappa shape index (κ1) is 13.5. The number of aromatic nitrogens is 1. The van der Waals surface area contributed by atoms with Gasteiger partial charge in [0.1, 0.15) is 0 Å². The maximum Gasteiger partial charge on any atom is 0.389 e. The maximum atomic E-state index is 12.0. The molecule has 0 aromatic carbocycles. The molecule has 0 saturated heterocycles. The summed E-state index contributed by atoms with van der Waals surface area (Å²) >= 11 is 3.30. The van der Waals surface area contributed by atoms with E-state index in [9.17, 15) is 13.2 Å². The summed E-state index contributed by atoms with van der Waals surface area (Å²) in [7, 11) is 0. The molecule has 1 nitrogen and oxygen atoms in total. The van der Waals surface area contributed by atoms with Gasteiger partial charge in [0.2, 0.25) is 0 Å². The van der Waals surface area contributed by atoms with Crippen LogP contribution in [-0.4, -0.2) is 11.2 Å². The summed E-state index contributed by atoms with van der Waals surface area (Å²) in [4.78, 5) is 4.30. The Labute approximate surface area is 101 Å². The molecule has 1 heterocycles. The van der Waals surface area contributed by atoms with Crippen molar-refractivity contribution in [3.05, 3.63) is 28.0 Å². The minimum absolute atomic E-state index is 0.0856. The first-order chi connectivity index (χ1) is 7.42. The summed E-state index contributed by atoms with van der Waals surface area (Å²) in [6.07, 6.45) is -3.60. The molecule has 0 unspecified atom stereocenters. The smallest absolute Gasteiger partial charge is 0.257 e. The van der Waals surface area contributed by atoms with Gasteiger partial charge in [0.25, 0.3) is 0 Å². The van der Waals surface area contributed by atoms with Crippen molar-refractivity contribution >= 4 is 15.9 Å². The molecule has 0 atom stereocenters. The molecule has 1 aromatic heterocycles. The van der Waals surface area contributed by atoms with E-state index in [0.29, 0.717) is 12.1 Å². The average molecular weight is 296 g/mol. The van der Waals surface area contributed by atoms with E-state index in [-0.39, 0.29) is 6.42 Å². The van der Waals surface area contributed by atoms with E-state index in [1.54, 1.807) is 0 Å². The molecule has 0 aliphatic heterocycles. The summed E-state index contributed by atoms with van der Waals surface area (Å²) < 4.78 is 36.7. The highest BCUT2D eigenvalue weighted by Gasteiger charge is 2.26. The SMILES string of the molecule is CCc1ccc(Br)c(CCCC(F)(F)F)n1. The van der Waals surface area contributed by atoms with E-state index >= 15 is 0 Å². The van der Waals surface area contributed by atoms with Gasteiger partial charge in [-0.3, -0.25) is 4.98 Å². The quantitative estimate of drug-likeness (QED) is 0.807. The lowest BCUT2D eigenvalue weighted by molar-refractivity contribution is -0.135. The summed E-state index contributed by atoms with van der Waals surface area (Å²) in [6, 6.07) is 3.71. The Hall–Kier alpha value is -0.580. The zero-order chi connectivity index (χ0) is 12.2. The van der Waals surface area contributed by atoms with E-state index in [1.807, 2.05) is 19.1 Å². The van der Waals surface area contributed by atoms with Crippen molar-refractivity contribution in [1.82, 2.24) is 4.98 Å². The molecule has 0 radical (unpaired) electrons. The number of pyridine rings is 1. The highest BCUT2D eigenvalue weighted by atomic mass is 79.9. The van der Waals surface area contributed by atoms with Gasteiger partial charge in [-0.1, -0.05) is 6.92 Å². The van der Waals surface area contributed by atoms with Crippen LogP contribution < -0.4 is 0 Å². The molecular weight excluding hydrogens is 283 g/mol. The first-order valence-corrected chi connectivity index (χ1v) is 5.92. The van der Waals surface area contributed by atoms with Crippen LogP contribution in [0.3, 0.4) is 0 Å². The van der Waals surface area contributed by atoms with Crippen molar-refractivity contribution in [1.29, 1.82) is 0 Å². The summed E-state index contributed by atoms with van der Waals surface area (Å²) in [5, 5.41) is 0. The van der Waals surface area contributed by atoms with E-state index < -0.39 is 12.6 Å². The van der Waals surface area contributed by atoms with E-state index in [4.69, 9.17) is 0 Å². The van der Waals surface area contributed by atoms with Crippen LogP contribution in [0.1, 0.15) is 31.2 Å². The summed E-state index contributed by atoms with van der Waals surface area (Å²) in [6.45, 7) is 1.97. The van der Waals surface area contributed by atoms with Gasteiger partial charge >= 0.3 is 6.18 Å². The van der Waals surface area contributed by atoms with Crippen molar-refractivity contribution < 1.29 is 13.2 Å². The number of hydrogen-bond acceptors (Lipinski definition) is 1. The number of aryl methyl sites for hydroxylation is 2. The van der Waals surface area contributed by atoms with Gasteiger partial charge in [0.05, 0.1) is 5.69 Å². The average Bonchev–Trinajstić information content (AvgIpc) is 2.19. The van der Waals surface area contributed by atoms with Gasteiger partial charge in [-0.15, -0.1) is 0 Å². The molecule has 0 spiro atoms. The van der Waals surface area contributed by atoms with Crippen LogP contribution in [0.4, 0.5) is 13.2 Å².